The molecule has 0 aromatic rings. The molecule has 0 spiro atoms. The van der Waals surface area contributed by atoms with Crippen LogP contribution in [-0.4, -0.2) is 59.8 Å². The van der Waals surface area contributed by atoms with Crippen LogP contribution in [0.2, 0.25) is 0 Å². The second kappa shape index (κ2) is 8.35. The van der Waals surface area contributed by atoms with Gasteiger partial charge in [-0.05, 0) is 53.2 Å². The fourth-order valence-electron chi connectivity index (χ4n) is 1.51. The molecule has 0 heterocycles. The summed E-state index contributed by atoms with van der Waals surface area (Å²) in [5.74, 6) is 1.18. The fraction of sp³-hybridized carbons (Fsp3) is 1.00. The summed E-state index contributed by atoms with van der Waals surface area (Å²) < 4.78 is 0. The number of thioether (sulfide) groups is 1. The first-order valence-corrected chi connectivity index (χ1v) is 7.78. The Labute approximate surface area is 111 Å². The van der Waals surface area contributed by atoms with Crippen molar-refractivity contribution >= 4 is 11.8 Å². The number of hydrogen-bond donors (Lipinski definition) is 2. The third-order valence-electron chi connectivity index (χ3n) is 2.86. The predicted octanol–water partition coefficient (Wildman–Crippen LogP) is 1.81. The van der Waals surface area contributed by atoms with Gasteiger partial charge < -0.3 is 15.3 Å². The van der Waals surface area contributed by atoms with E-state index in [4.69, 9.17) is 0 Å². The van der Waals surface area contributed by atoms with Crippen LogP contribution < -0.4 is 5.32 Å². The molecule has 17 heavy (non-hydrogen) atoms. The van der Waals surface area contributed by atoms with Crippen LogP contribution in [0.1, 0.15) is 34.1 Å². The van der Waals surface area contributed by atoms with Gasteiger partial charge in [0.05, 0.1) is 6.10 Å². The van der Waals surface area contributed by atoms with Gasteiger partial charge in [-0.1, -0.05) is 0 Å². The van der Waals surface area contributed by atoms with E-state index in [1.807, 2.05) is 11.8 Å². The minimum absolute atomic E-state index is 0.0734. The van der Waals surface area contributed by atoms with Crippen molar-refractivity contribution in [3.05, 3.63) is 0 Å². The van der Waals surface area contributed by atoms with Gasteiger partial charge in [-0.3, -0.25) is 0 Å². The van der Waals surface area contributed by atoms with Gasteiger partial charge in [-0.25, -0.2) is 0 Å². The highest BCUT2D eigenvalue weighted by Crippen LogP contribution is 2.07. The Morgan fingerprint density at radius 1 is 1.35 bits per heavy atom. The molecule has 0 saturated carbocycles. The first kappa shape index (κ1) is 17.2. The van der Waals surface area contributed by atoms with Gasteiger partial charge in [0.25, 0.3) is 0 Å². The van der Waals surface area contributed by atoms with Crippen LogP contribution in [0.3, 0.4) is 0 Å². The molecular formula is C13H30N2OS. The normalized spacial score (nSPS) is 16.2. The van der Waals surface area contributed by atoms with E-state index in [1.165, 1.54) is 12.2 Å². The molecule has 0 bridgehead atoms. The average molecular weight is 262 g/mol. The second-order valence-electron chi connectivity index (χ2n) is 5.85. The van der Waals surface area contributed by atoms with E-state index >= 15 is 0 Å². The second-order valence-corrected chi connectivity index (χ2v) is 6.84. The highest BCUT2D eigenvalue weighted by atomic mass is 32.2. The quantitative estimate of drug-likeness (QED) is 0.699. The SMILES string of the molecule is CSCCC(C)N(C)CC(O)CNC(C)(C)C. The molecule has 0 aliphatic heterocycles. The van der Waals surface area contributed by atoms with Gasteiger partial charge in [-0.2, -0.15) is 11.8 Å². The summed E-state index contributed by atoms with van der Waals surface area (Å²) in [6.07, 6.45) is 3.02. The Hall–Kier alpha value is 0.230. The van der Waals surface area contributed by atoms with Crippen LogP contribution in [0, 0.1) is 0 Å². The van der Waals surface area contributed by atoms with Crippen LogP contribution >= 0.6 is 11.8 Å². The molecule has 0 radical (unpaired) electrons. The van der Waals surface area contributed by atoms with E-state index in [0.717, 1.165) is 6.54 Å². The third-order valence-corrected chi connectivity index (χ3v) is 3.50. The Bertz CT molecular complexity index is 194. The third kappa shape index (κ3) is 9.89. The number of nitrogens with zero attached hydrogens (tertiary/aromatic N) is 1. The summed E-state index contributed by atoms with van der Waals surface area (Å²) in [4.78, 5) is 2.24. The summed E-state index contributed by atoms with van der Waals surface area (Å²) >= 11 is 1.88. The van der Waals surface area contributed by atoms with Crippen molar-refractivity contribution in [2.24, 2.45) is 0 Å². The fourth-order valence-corrected chi connectivity index (χ4v) is 2.09. The standard InChI is InChI=1S/C13H30N2OS/c1-11(7-8-17-6)15(5)10-12(16)9-14-13(2,3)4/h11-12,14,16H,7-10H2,1-6H3. The average Bonchev–Trinajstić information content (AvgIpc) is 2.22. The topological polar surface area (TPSA) is 35.5 Å². The molecule has 3 nitrogen and oxygen atoms in total. The first-order chi connectivity index (χ1) is 7.76. The van der Waals surface area contributed by atoms with Crippen LogP contribution in [0.5, 0.6) is 0 Å². The molecule has 4 heteroatoms. The molecule has 2 unspecified atom stereocenters. The Kier molecular flexibility index (Phi) is 8.47. The largest absolute Gasteiger partial charge is 0.390 e. The summed E-state index contributed by atoms with van der Waals surface area (Å²) in [6, 6.07) is 0.534. The molecule has 2 atom stereocenters. The number of β-amino-alcohol motifs (C(OH)–C–C–N with tert-alkyl or cyclic N) is 1. The highest BCUT2D eigenvalue weighted by Gasteiger charge is 2.16. The van der Waals surface area contributed by atoms with Crippen molar-refractivity contribution < 1.29 is 5.11 Å². The molecule has 0 saturated heterocycles. The highest BCUT2D eigenvalue weighted by molar-refractivity contribution is 7.98. The van der Waals surface area contributed by atoms with Crippen molar-refractivity contribution in [3.8, 4) is 0 Å². The maximum atomic E-state index is 9.95. The molecule has 104 valence electrons. The zero-order chi connectivity index (χ0) is 13.5. The number of hydrogen-bond acceptors (Lipinski definition) is 4. The van der Waals surface area contributed by atoms with Gasteiger partial charge in [0.1, 0.15) is 0 Å². The van der Waals surface area contributed by atoms with E-state index in [0.29, 0.717) is 12.6 Å². The summed E-state index contributed by atoms with van der Waals surface area (Å²) in [5.41, 5.74) is 0.0734. The molecule has 0 aliphatic rings. The van der Waals surface area contributed by atoms with E-state index in [9.17, 15) is 5.11 Å². The lowest BCUT2D eigenvalue weighted by Gasteiger charge is -2.29. The van der Waals surface area contributed by atoms with Gasteiger partial charge >= 0.3 is 0 Å². The van der Waals surface area contributed by atoms with Gasteiger partial charge in [-0.15, -0.1) is 0 Å². The van der Waals surface area contributed by atoms with Crippen molar-refractivity contribution in [1.82, 2.24) is 10.2 Å². The summed E-state index contributed by atoms with van der Waals surface area (Å²) in [5, 5.41) is 13.3. The van der Waals surface area contributed by atoms with Crippen molar-refractivity contribution in [2.45, 2.75) is 51.8 Å². The molecule has 2 N–H and O–H groups in total. The Morgan fingerprint density at radius 3 is 2.41 bits per heavy atom. The van der Waals surface area contributed by atoms with Crippen LogP contribution in [0.15, 0.2) is 0 Å². The lowest BCUT2D eigenvalue weighted by atomic mass is 10.1. The predicted molar refractivity (Wildman–Crippen MR) is 78.9 cm³/mol. The molecule has 0 rings (SSSR count). The van der Waals surface area contributed by atoms with Crippen LogP contribution in [0.25, 0.3) is 0 Å². The molecule has 0 aromatic carbocycles. The molecule has 0 fully saturated rings. The number of aliphatic hydroxyl groups excluding tert-OH is 1. The molecule has 0 aromatic heterocycles. The molecule has 0 amide bonds. The maximum absolute atomic E-state index is 9.95. The van der Waals surface area contributed by atoms with Crippen LogP contribution in [0.4, 0.5) is 0 Å². The smallest absolute Gasteiger partial charge is 0.0791 e. The van der Waals surface area contributed by atoms with Crippen molar-refractivity contribution in [3.63, 3.8) is 0 Å². The minimum Gasteiger partial charge on any atom is -0.390 e. The van der Waals surface area contributed by atoms with Gasteiger partial charge in [0.15, 0.2) is 0 Å². The van der Waals surface area contributed by atoms with E-state index in [1.54, 1.807) is 0 Å². The zero-order valence-corrected chi connectivity index (χ0v) is 13.1. The number of likely N-dealkylation sites (N-methyl/N-ethyl adjacent to an activating group) is 1. The molecule has 0 aliphatic carbocycles. The summed E-state index contributed by atoms with van der Waals surface area (Å²) in [6.45, 7) is 9.96. The monoisotopic (exact) mass is 262 g/mol. The number of rotatable bonds is 8. The summed E-state index contributed by atoms with van der Waals surface area (Å²) in [7, 11) is 2.09. The molecular weight excluding hydrogens is 232 g/mol. The van der Waals surface area contributed by atoms with Crippen molar-refractivity contribution in [2.75, 3.05) is 32.1 Å². The van der Waals surface area contributed by atoms with Crippen molar-refractivity contribution in [1.29, 1.82) is 0 Å². The van der Waals surface area contributed by atoms with Crippen LogP contribution in [-0.2, 0) is 0 Å². The van der Waals surface area contributed by atoms with E-state index < -0.39 is 0 Å². The lowest BCUT2D eigenvalue weighted by molar-refractivity contribution is 0.100. The van der Waals surface area contributed by atoms with E-state index in [-0.39, 0.29) is 11.6 Å². The van der Waals surface area contributed by atoms with Gasteiger partial charge in [0, 0.05) is 24.7 Å². The number of aliphatic hydroxyl groups is 1. The lowest BCUT2D eigenvalue weighted by Crippen LogP contribution is -2.45. The van der Waals surface area contributed by atoms with Gasteiger partial charge in [0.2, 0.25) is 0 Å². The Morgan fingerprint density at radius 2 is 1.94 bits per heavy atom. The zero-order valence-electron chi connectivity index (χ0n) is 12.3. The number of nitrogens with one attached hydrogen (secondary N) is 1. The van der Waals surface area contributed by atoms with E-state index in [2.05, 4.69) is 51.2 Å². The minimum atomic E-state index is -0.295. The Balaban J connectivity index is 3.82. The first-order valence-electron chi connectivity index (χ1n) is 6.38. The maximum Gasteiger partial charge on any atom is 0.0791 e.